The van der Waals surface area contributed by atoms with Gasteiger partial charge in [-0.3, -0.25) is 4.79 Å². The van der Waals surface area contributed by atoms with Crippen molar-refractivity contribution in [3.63, 3.8) is 0 Å². The van der Waals surface area contributed by atoms with Crippen LogP contribution >= 0.6 is 11.6 Å². The van der Waals surface area contributed by atoms with E-state index in [0.717, 1.165) is 0 Å². The summed E-state index contributed by atoms with van der Waals surface area (Å²) in [7, 11) is 3.12. The lowest BCUT2D eigenvalue weighted by molar-refractivity contribution is -0.121. The molecule has 5 heteroatoms. The van der Waals surface area contributed by atoms with Gasteiger partial charge < -0.3 is 14.8 Å². The van der Waals surface area contributed by atoms with Crippen LogP contribution in [-0.4, -0.2) is 25.7 Å². The maximum atomic E-state index is 11.9. The summed E-state index contributed by atoms with van der Waals surface area (Å²) < 4.78 is 10.4. The molecule has 0 saturated carbocycles. The Hall–Kier alpha value is -1.26. The standard InChI is InChI=1S/C13H18ClNO3/c1-13(2,18-4)8-12(16)15-10-7-9(14)5-6-11(10)17-3/h5-7H,8H2,1-4H3,(H,15,16). The highest BCUT2D eigenvalue weighted by Crippen LogP contribution is 2.28. The second kappa shape index (κ2) is 6.07. The van der Waals surface area contributed by atoms with Gasteiger partial charge in [0, 0.05) is 12.1 Å². The van der Waals surface area contributed by atoms with Gasteiger partial charge in [0.05, 0.1) is 24.8 Å². The van der Waals surface area contributed by atoms with Gasteiger partial charge in [-0.25, -0.2) is 0 Å². The van der Waals surface area contributed by atoms with Crippen molar-refractivity contribution < 1.29 is 14.3 Å². The van der Waals surface area contributed by atoms with Gasteiger partial charge in [0.1, 0.15) is 5.75 Å². The topological polar surface area (TPSA) is 47.6 Å². The Balaban J connectivity index is 2.78. The van der Waals surface area contributed by atoms with Crippen molar-refractivity contribution in [2.24, 2.45) is 0 Å². The van der Waals surface area contributed by atoms with Gasteiger partial charge in [-0.05, 0) is 32.0 Å². The molecule has 0 aliphatic carbocycles. The van der Waals surface area contributed by atoms with Crippen LogP contribution < -0.4 is 10.1 Å². The van der Waals surface area contributed by atoms with E-state index in [1.165, 1.54) is 7.11 Å². The van der Waals surface area contributed by atoms with Crippen molar-refractivity contribution in [3.05, 3.63) is 23.2 Å². The fraction of sp³-hybridized carbons (Fsp3) is 0.462. The molecule has 0 aliphatic rings. The molecular formula is C13H18ClNO3. The van der Waals surface area contributed by atoms with E-state index in [4.69, 9.17) is 21.1 Å². The molecule has 1 rings (SSSR count). The summed E-state index contributed by atoms with van der Waals surface area (Å²) in [5, 5.41) is 3.30. The largest absolute Gasteiger partial charge is 0.495 e. The van der Waals surface area contributed by atoms with E-state index in [-0.39, 0.29) is 12.3 Å². The fourth-order valence-corrected chi connectivity index (χ4v) is 1.60. The molecule has 0 atom stereocenters. The van der Waals surface area contributed by atoms with Crippen LogP contribution in [0.5, 0.6) is 5.75 Å². The highest BCUT2D eigenvalue weighted by Gasteiger charge is 2.21. The third kappa shape index (κ3) is 4.20. The Morgan fingerprint density at radius 2 is 2.06 bits per heavy atom. The maximum absolute atomic E-state index is 11.9. The molecule has 0 saturated heterocycles. The molecule has 0 fully saturated rings. The number of carbonyl (C=O) groups is 1. The minimum Gasteiger partial charge on any atom is -0.495 e. The molecule has 0 aliphatic heterocycles. The first-order valence-corrected chi connectivity index (χ1v) is 5.94. The van der Waals surface area contributed by atoms with Crippen LogP contribution in [0.4, 0.5) is 5.69 Å². The number of benzene rings is 1. The van der Waals surface area contributed by atoms with Crippen molar-refractivity contribution in [1.29, 1.82) is 0 Å². The highest BCUT2D eigenvalue weighted by molar-refractivity contribution is 6.31. The fourth-order valence-electron chi connectivity index (χ4n) is 1.43. The summed E-state index contributed by atoms with van der Waals surface area (Å²) in [5.74, 6) is 0.422. The normalized spacial score (nSPS) is 11.2. The minimum atomic E-state index is -0.504. The summed E-state index contributed by atoms with van der Waals surface area (Å²) in [6.07, 6.45) is 0.249. The monoisotopic (exact) mass is 271 g/mol. The van der Waals surface area contributed by atoms with Gasteiger partial charge in [-0.15, -0.1) is 0 Å². The molecule has 18 heavy (non-hydrogen) atoms. The summed E-state index contributed by atoms with van der Waals surface area (Å²) in [4.78, 5) is 11.9. The highest BCUT2D eigenvalue weighted by atomic mass is 35.5. The second-order valence-electron chi connectivity index (χ2n) is 4.53. The Morgan fingerprint density at radius 1 is 1.39 bits per heavy atom. The first kappa shape index (κ1) is 14.8. The smallest absolute Gasteiger partial charge is 0.227 e. The van der Waals surface area contributed by atoms with E-state index in [2.05, 4.69) is 5.32 Å². The van der Waals surface area contributed by atoms with Crippen LogP contribution in [0.1, 0.15) is 20.3 Å². The first-order chi connectivity index (χ1) is 8.38. The number of rotatable bonds is 5. The molecule has 0 bridgehead atoms. The molecule has 0 heterocycles. The van der Waals surface area contributed by atoms with Gasteiger partial charge in [0.2, 0.25) is 5.91 Å². The Labute approximate surface area is 112 Å². The van der Waals surface area contributed by atoms with Crippen LogP contribution in [0.25, 0.3) is 0 Å². The van der Waals surface area contributed by atoms with E-state index < -0.39 is 5.60 Å². The van der Waals surface area contributed by atoms with E-state index in [0.29, 0.717) is 16.5 Å². The third-order valence-corrected chi connectivity index (χ3v) is 2.81. The molecular weight excluding hydrogens is 254 g/mol. The van der Waals surface area contributed by atoms with Crippen molar-refractivity contribution >= 4 is 23.2 Å². The number of halogens is 1. The molecule has 1 N–H and O–H groups in total. The molecule has 0 radical (unpaired) electrons. The lowest BCUT2D eigenvalue weighted by atomic mass is 10.0. The average Bonchev–Trinajstić information content (AvgIpc) is 2.28. The van der Waals surface area contributed by atoms with Gasteiger partial charge in [0.25, 0.3) is 0 Å². The van der Waals surface area contributed by atoms with E-state index in [1.54, 1.807) is 25.3 Å². The maximum Gasteiger partial charge on any atom is 0.227 e. The second-order valence-corrected chi connectivity index (χ2v) is 4.97. The Morgan fingerprint density at radius 3 is 2.61 bits per heavy atom. The molecule has 1 aromatic carbocycles. The van der Waals surface area contributed by atoms with Crippen molar-refractivity contribution in [1.82, 2.24) is 0 Å². The number of carbonyl (C=O) groups excluding carboxylic acids is 1. The summed E-state index contributed by atoms with van der Waals surface area (Å²) in [6.45, 7) is 3.70. The van der Waals surface area contributed by atoms with Gasteiger partial charge in [-0.2, -0.15) is 0 Å². The van der Waals surface area contributed by atoms with Gasteiger partial charge in [-0.1, -0.05) is 11.6 Å². The lowest BCUT2D eigenvalue weighted by Crippen LogP contribution is -2.29. The number of amides is 1. The van der Waals surface area contributed by atoms with Gasteiger partial charge >= 0.3 is 0 Å². The summed E-state index contributed by atoms with van der Waals surface area (Å²) >= 11 is 5.89. The van der Waals surface area contributed by atoms with Gasteiger partial charge in [0.15, 0.2) is 0 Å². The average molecular weight is 272 g/mol. The predicted molar refractivity (Wildman–Crippen MR) is 72.3 cm³/mol. The lowest BCUT2D eigenvalue weighted by Gasteiger charge is -2.22. The van der Waals surface area contributed by atoms with E-state index >= 15 is 0 Å². The van der Waals surface area contributed by atoms with Crippen molar-refractivity contribution in [3.8, 4) is 5.75 Å². The number of hydrogen-bond donors (Lipinski definition) is 1. The molecule has 1 aromatic rings. The van der Waals surface area contributed by atoms with E-state index in [1.807, 2.05) is 13.8 Å². The zero-order valence-electron chi connectivity index (χ0n) is 11.0. The third-order valence-electron chi connectivity index (χ3n) is 2.57. The van der Waals surface area contributed by atoms with Crippen molar-refractivity contribution in [2.75, 3.05) is 19.5 Å². The molecule has 0 aromatic heterocycles. The Bertz CT molecular complexity index is 432. The molecule has 1 amide bonds. The SMILES string of the molecule is COc1ccc(Cl)cc1NC(=O)CC(C)(C)OC. The number of nitrogens with one attached hydrogen (secondary N) is 1. The molecule has 0 unspecified atom stereocenters. The van der Waals surface area contributed by atoms with Crippen LogP contribution in [0, 0.1) is 0 Å². The van der Waals surface area contributed by atoms with Crippen molar-refractivity contribution in [2.45, 2.75) is 25.9 Å². The summed E-state index contributed by atoms with van der Waals surface area (Å²) in [5.41, 5.74) is 0.0532. The summed E-state index contributed by atoms with van der Waals surface area (Å²) in [6, 6.07) is 5.06. The Kier molecular flexibility index (Phi) is 4.99. The number of hydrogen-bond acceptors (Lipinski definition) is 3. The minimum absolute atomic E-state index is 0.151. The number of methoxy groups -OCH3 is 2. The molecule has 0 spiro atoms. The molecule has 100 valence electrons. The van der Waals surface area contributed by atoms with Crippen LogP contribution in [0.15, 0.2) is 18.2 Å². The quantitative estimate of drug-likeness (QED) is 0.895. The van der Waals surface area contributed by atoms with Crippen LogP contribution in [0.2, 0.25) is 5.02 Å². The van der Waals surface area contributed by atoms with E-state index in [9.17, 15) is 4.79 Å². The predicted octanol–water partition coefficient (Wildman–Crippen LogP) is 3.10. The first-order valence-electron chi connectivity index (χ1n) is 5.56. The zero-order valence-corrected chi connectivity index (χ0v) is 11.8. The zero-order chi connectivity index (χ0) is 13.8. The number of anilines is 1. The van der Waals surface area contributed by atoms with Crippen LogP contribution in [-0.2, 0) is 9.53 Å². The molecule has 4 nitrogen and oxygen atoms in total. The number of ether oxygens (including phenoxy) is 2. The van der Waals surface area contributed by atoms with Crippen LogP contribution in [0.3, 0.4) is 0 Å².